The Morgan fingerprint density at radius 1 is 1.28 bits per heavy atom. The van der Waals surface area contributed by atoms with Gasteiger partial charge in [-0.05, 0) is 36.6 Å². The van der Waals surface area contributed by atoms with Gasteiger partial charge >= 0.3 is 11.9 Å². The fourth-order valence-corrected chi connectivity index (χ4v) is 5.30. The number of anilines is 1. The van der Waals surface area contributed by atoms with Crippen LogP contribution in [0, 0.1) is 29.5 Å². The van der Waals surface area contributed by atoms with Crippen molar-refractivity contribution in [2.24, 2.45) is 23.7 Å². The minimum absolute atomic E-state index is 0.0147. The molecule has 6 atom stereocenters. The Labute approximate surface area is 151 Å². The summed E-state index contributed by atoms with van der Waals surface area (Å²) in [7, 11) is 0. The summed E-state index contributed by atoms with van der Waals surface area (Å²) in [4.78, 5) is 36.3. The quantitative estimate of drug-likeness (QED) is 0.604. The summed E-state index contributed by atoms with van der Waals surface area (Å²) in [5.74, 6) is -2.83. The van der Waals surface area contributed by atoms with E-state index in [0.29, 0.717) is 5.69 Å². The first-order valence-electron chi connectivity index (χ1n) is 8.02. The number of halogens is 2. The van der Waals surface area contributed by atoms with E-state index in [9.17, 15) is 18.8 Å². The zero-order valence-electron chi connectivity index (χ0n) is 13.0. The van der Waals surface area contributed by atoms with Crippen molar-refractivity contribution in [2.75, 3.05) is 11.9 Å². The molecule has 2 aliphatic carbocycles. The van der Waals surface area contributed by atoms with Crippen LogP contribution in [0.25, 0.3) is 0 Å². The molecule has 8 heteroatoms. The molecule has 2 saturated carbocycles. The maximum atomic E-state index is 12.8. The molecule has 3 fully saturated rings. The largest absolute Gasteiger partial charge is 0.461 e. The van der Waals surface area contributed by atoms with Crippen LogP contribution in [0.15, 0.2) is 24.3 Å². The van der Waals surface area contributed by atoms with Crippen LogP contribution in [-0.4, -0.2) is 35.4 Å². The summed E-state index contributed by atoms with van der Waals surface area (Å²) in [6.07, 6.45) is 0.590. The van der Waals surface area contributed by atoms with E-state index in [0.717, 1.165) is 6.42 Å². The minimum atomic E-state index is -0.570. The summed E-state index contributed by atoms with van der Waals surface area (Å²) in [6.45, 7) is -0.456. The number of nitrogens with one attached hydrogen (secondary N) is 1. The second-order valence-corrected chi connectivity index (χ2v) is 7.68. The zero-order chi connectivity index (χ0) is 17.7. The molecule has 2 bridgehead atoms. The molecule has 1 aliphatic heterocycles. The van der Waals surface area contributed by atoms with Crippen molar-refractivity contribution < 1.29 is 28.2 Å². The lowest BCUT2D eigenvalue weighted by Gasteiger charge is -2.26. The van der Waals surface area contributed by atoms with Gasteiger partial charge in [0.05, 0.1) is 16.7 Å². The number of hydrogen-bond donors (Lipinski definition) is 1. The van der Waals surface area contributed by atoms with Gasteiger partial charge in [-0.2, -0.15) is 0 Å². The van der Waals surface area contributed by atoms with Gasteiger partial charge in [0.15, 0.2) is 6.61 Å². The molecule has 0 unspecified atom stereocenters. The fraction of sp³-hybridized carbons (Fsp3) is 0.471. The second kappa shape index (κ2) is 6.09. The van der Waals surface area contributed by atoms with E-state index < -0.39 is 36.1 Å². The number of carbonyl (C=O) groups excluding carboxylic acids is 3. The first-order valence-corrected chi connectivity index (χ1v) is 8.94. The molecule has 0 spiro atoms. The fourth-order valence-electron chi connectivity index (χ4n) is 4.26. The molecule has 1 amide bonds. The van der Waals surface area contributed by atoms with Crippen LogP contribution < -0.4 is 5.32 Å². The zero-order valence-corrected chi connectivity index (χ0v) is 14.6. The average Bonchev–Trinajstić information content (AvgIpc) is 3.19. The second-order valence-electron chi connectivity index (χ2n) is 6.62. The highest BCUT2D eigenvalue weighted by molar-refractivity contribution is 9.09. The Morgan fingerprint density at radius 2 is 2.00 bits per heavy atom. The first kappa shape index (κ1) is 16.5. The van der Waals surface area contributed by atoms with Crippen molar-refractivity contribution in [3.05, 3.63) is 30.1 Å². The van der Waals surface area contributed by atoms with Gasteiger partial charge in [0.1, 0.15) is 11.9 Å². The number of ether oxygens (including phenoxy) is 2. The van der Waals surface area contributed by atoms with Crippen molar-refractivity contribution >= 4 is 39.5 Å². The van der Waals surface area contributed by atoms with Crippen LogP contribution >= 0.6 is 15.9 Å². The maximum Gasteiger partial charge on any atom is 0.310 e. The predicted molar refractivity (Wildman–Crippen MR) is 87.2 cm³/mol. The molecule has 1 N–H and O–H groups in total. The van der Waals surface area contributed by atoms with Gasteiger partial charge in [-0.3, -0.25) is 14.4 Å². The van der Waals surface area contributed by atoms with E-state index in [-0.39, 0.29) is 28.7 Å². The van der Waals surface area contributed by atoms with Gasteiger partial charge < -0.3 is 14.8 Å². The number of fused-ring (bicyclic) bond motifs is 1. The molecule has 4 rings (SSSR count). The van der Waals surface area contributed by atoms with E-state index in [2.05, 4.69) is 21.2 Å². The highest BCUT2D eigenvalue weighted by Gasteiger charge is 2.68. The van der Waals surface area contributed by atoms with Gasteiger partial charge in [-0.25, -0.2) is 4.39 Å². The smallest absolute Gasteiger partial charge is 0.310 e. The molecule has 1 saturated heterocycles. The lowest BCUT2D eigenvalue weighted by molar-refractivity contribution is -0.157. The topological polar surface area (TPSA) is 81.7 Å². The van der Waals surface area contributed by atoms with Gasteiger partial charge in [0.25, 0.3) is 5.91 Å². The molecule has 25 heavy (non-hydrogen) atoms. The number of amides is 1. The Balaban J connectivity index is 1.35. The van der Waals surface area contributed by atoms with E-state index in [1.54, 1.807) is 0 Å². The third kappa shape index (κ3) is 2.72. The SMILES string of the molecule is O=C(COC(=O)[C@@H]1[C@H]2C[C@H]3[C@H](OC(=O)[C@H]31)[C@H]2Br)Nc1ccc(F)cc1. The standard InChI is InChI=1S/C17H15BrFNO5/c18-14-9-5-10-13(17(23)25-15(10)14)12(9)16(22)24-6-11(21)20-8-3-1-7(19)2-4-8/h1-4,9-10,12-15H,5-6H2,(H,20,21)/t9-,10-,12-,13-,14+,15+/m1/s1. The van der Waals surface area contributed by atoms with Crippen LogP contribution in [0.4, 0.5) is 10.1 Å². The number of hydrogen-bond acceptors (Lipinski definition) is 5. The van der Waals surface area contributed by atoms with Crippen LogP contribution in [0.1, 0.15) is 6.42 Å². The van der Waals surface area contributed by atoms with E-state index in [1.165, 1.54) is 24.3 Å². The average molecular weight is 412 g/mol. The molecule has 0 aromatic heterocycles. The summed E-state index contributed by atoms with van der Waals surface area (Å²) in [6, 6.07) is 5.26. The molecule has 0 radical (unpaired) electrons. The van der Waals surface area contributed by atoms with Crippen molar-refractivity contribution in [3.8, 4) is 0 Å². The van der Waals surface area contributed by atoms with Gasteiger partial charge in [-0.1, -0.05) is 15.9 Å². The van der Waals surface area contributed by atoms with Crippen LogP contribution in [0.2, 0.25) is 0 Å². The number of esters is 2. The lowest BCUT2D eigenvalue weighted by atomic mass is 9.80. The van der Waals surface area contributed by atoms with E-state index >= 15 is 0 Å². The third-order valence-electron chi connectivity index (χ3n) is 5.27. The number of carbonyl (C=O) groups is 3. The molecule has 1 aromatic carbocycles. The summed E-state index contributed by atoms with van der Waals surface area (Å²) < 4.78 is 23.3. The third-order valence-corrected chi connectivity index (χ3v) is 6.47. The molecule has 6 nitrogen and oxygen atoms in total. The van der Waals surface area contributed by atoms with E-state index in [1.807, 2.05) is 0 Å². The minimum Gasteiger partial charge on any atom is -0.461 e. The van der Waals surface area contributed by atoms with Crippen LogP contribution in [-0.2, 0) is 23.9 Å². The highest BCUT2D eigenvalue weighted by atomic mass is 79.9. The van der Waals surface area contributed by atoms with E-state index in [4.69, 9.17) is 9.47 Å². The summed E-state index contributed by atoms with van der Waals surface area (Å²) >= 11 is 3.52. The maximum absolute atomic E-state index is 12.8. The molecular weight excluding hydrogens is 397 g/mol. The highest BCUT2D eigenvalue weighted by Crippen LogP contribution is 2.60. The molecule has 1 aromatic rings. The van der Waals surface area contributed by atoms with Crippen molar-refractivity contribution in [3.63, 3.8) is 0 Å². The first-order chi connectivity index (χ1) is 12.0. The number of alkyl halides is 1. The van der Waals surface area contributed by atoms with Crippen molar-refractivity contribution in [1.82, 2.24) is 0 Å². The normalized spacial score (nSPS) is 34.7. The molecule has 3 aliphatic rings. The molecule has 132 valence electrons. The van der Waals surface area contributed by atoms with Crippen LogP contribution in [0.5, 0.6) is 0 Å². The predicted octanol–water partition coefficient (Wildman–Crippen LogP) is 1.88. The van der Waals surface area contributed by atoms with Gasteiger partial charge in [0, 0.05) is 11.6 Å². The lowest BCUT2D eigenvalue weighted by Crippen LogP contribution is -2.39. The molecular formula is C17H15BrFNO5. The summed E-state index contributed by atoms with van der Waals surface area (Å²) in [5.41, 5.74) is 0.408. The van der Waals surface area contributed by atoms with Gasteiger partial charge in [-0.15, -0.1) is 0 Å². The molecule has 1 heterocycles. The van der Waals surface area contributed by atoms with Crippen LogP contribution in [0.3, 0.4) is 0 Å². The Bertz CT molecular complexity index is 739. The Hall–Kier alpha value is -1.96. The Kier molecular flexibility index (Phi) is 4.02. The summed E-state index contributed by atoms with van der Waals surface area (Å²) in [5, 5.41) is 2.52. The van der Waals surface area contributed by atoms with Crippen molar-refractivity contribution in [1.29, 1.82) is 0 Å². The number of rotatable bonds is 4. The van der Waals surface area contributed by atoms with Crippen molar-refractivity contribution in [2.45, 2.75) is 17.4 Å². The Morgan fingerprint density at radius 3 is 2.72 bits per heavy atom. The van der Waals surface area contributed by atoms with Gasteiger partial charge in [0.2, 0.25) is 0 Å². The monoisotopic (exact) mass is 411 g/mol. The number of benzene rings is 1.